The van der Waals surface area contributed by atoms with Crippen molar-refractivity contribution in [3.05, 3.63) is 61.1 Å². The van der Waals surface area contributed by atoms with Gasteiger partial charge in [0.2, 0.25) is 0 Å². The number of fused-ring (bicyclic) bond motifs is 1. The Morgan fingerprint density at radius 2 is 2.15 bits per heavy atom. The quantitative estimate of drug-likeness (QED) is 0.506. The van der Waals surface area contributed by atoms with Crippen LogP contribution in [-0.2, 0) is 0 Å². The SMILES string of the molecule is O=C(c1ccco1)n1c(=S)[nH]c2ccc(I)cc2c1=O. The number of aromatic nitrogens is 2. The van der Waals surface area contributed by atoms with Gasteiger partial charge in [0, 0.05) is 3.57 Å². The average molecular weight is 398 g/mol. The Labute approximate surface area is 131 Å². The lowest BCUT2D eigenvalue weighted by molar-refractivity contribution is 0.0926. The summed E-state index contributed by atoms with van der Waals surface area (Å²) in [5.74, 6) is -0.515. The van der Waals surface area contributed by atoms with E-state index in [4.69, 9.17) is 16.6 Å². The van der Waals surface area contributed by atoms with Crippen molar-refractivity contribution in [3.63, 3.8) is 0 Å². The predicted octanol–water partition coefficient (Wildman–Crippen LogP) is 2.95. The molecule has 2 aromatic heterocycles. The average Bonchev–Trinajstić information content (AvgIpc) is 2.93. The van der Waals surface area contributed by atoms with Gasteiger partial charge in [0.05, 0.1) is 17.2 Å². The smallest absolute Gasteiger partial charge is 0.302 e. The van der Waals surface area contributed by atoms with Gasteiger partial charge in [-0.2, -0.15) is 0 Å². The second kappa shape index (κ2) is 4.98. The molecule has 20 heavy (non-hydrogen) atoms. The highest BCUT2D eigenvalue weighted by atomic mass is 127. The van der Waals surface area contributed by atoms with Crippen LogP contribution in [0.3, 0.4) is 0 Å². The number of benzene rings is 1. The van der Waals surface area contributed by atoms with E-state index in [1.54, 1.807) is 18.2 Å². The lowest BCUT2D eigenvalue weighted by Crippen LogP contribution is -2.28. The standard InChI is InChI=1S/C13H7IN2O3S/c14-7-3-4-9-8(6-7)11(17)16(13(20)15-9)12(18)10-2-1-5-19-10/h1-6H,(H,15,20). The van der Waals surface area contributed by atoms with Crippen LogP contribution in [0.5, 0.6) is 0 Å². The molecule has 0 radical (unpaired) electrons. The molecule has 1 N–H and O–H groups in total. The molecule has 3 rings (SSSR count). The van der Waals surface area contributed by atoms with Crippen molar-refractivity contribution in [1.29, 1.82) is 0 Å². The van der Waals surface area contributed by atoms with Gasteiger partial charge in [-0.25, -0.2) is 4.57 Å². The summed E-state index contributed by atoms with van der Waals surface area (Å²) in [7, 11) is 0. The molecule has 5 nitrogen and oxygen atoms in total. The number of hydrogen-bond donors (Lipinski definition) is 1. The van der Waals surface area contributed by atoms with Gasteiger partial charge in [0.25, 0.3) is 5.56 Å². The molecule has 0 amide bonds. The van der Waals surface area contributed by atoms with E-state index >= 15 is 0 Å². The molecule has 100 valence electrons. The zero-order valence-electron chi connectivity index (χ0n) is 9.92. The molecule has 0 bridgehead atoms. The molecule has 0 aliphatic heterocycles. The third kappa shape index (κ3) is 2.12. The summed E-state index contributed by atoms with van der Waals surface area (Å²) in [4.78, 5) is 27.6. The van der Waals surface area contributed by atoms with Gasteiger partial charge in [-0.05, 0) is 65.1 Å². The number of halogens is 1. The third-order valence-electron chi connectivity index (χ3n) is 2.79. The fourth-order valence-corrected chi connectivity index (χ4v) is 2.65. The molecule has 0 atom stereocenters. The first-order valence-electron chi connectivity index (χ1n) is 5.61. The molecule has 0 aliphatic carbocycles. The summed E-state index contributed by atoms with van der Waals surface area (Å²) >= 11 is 7.19. The van der Waals surface area contributed by atoms with E-state index in [0.717, 1.165) is 8.14 Å². The van der Waals surface area contributed by atoms with Gasteiger partial charge < -0.3 is 9.40 Å². The maximum Gasteiger partial charge on any atom is 0.302 e. The summed E-state index contributed by atoms with van der Waals surface area (Å²) in [6, 6.07) is 8.38. The summed E-state index contributed by atoms with van der Waals surface area (Å²) in [6.45, 7) is 0. The Hall–Kier alpha value is -1.74. The van der Waals surface area contributed by atoms with E-state index in [2.05, 4.69) is 27.6 Å². The molecule has 0 saturated carbocycles. The molecule has 1 aromatic carbocycles. The van der Waals surface area contributed by atoms with Gasteiger partial charge in [-0.1, -0.05) is 0 Å². The Bertz CT molecular complexity index is 925. The number of aromatic amines is 1. The first kappa shape index (κ1) is 13.3. The second-order valence-electron chi connectivity index (χ2n) is 4.04. The maximum absolute atomic E-state index is 12.4. The molecular formula is C13H7IN2O3S. The molecular weight excluding hydrogens is 391 g/mol. The number of carbonyl (C=O) groups excluding carboxylic acids is 1. The Kier molecular flexibility index (Phi) is 3.30. The van der Waals surface area contributed by atoms with Crippen molar-refractivity contribution in [3.8, 4) is 0 Å². The minimum atomic E-state index is -0.581. The number of nitrogens with one attached hydrogen (secondary N) is 1. The highest BCUT2D eigenvalue weighted by Crippen LogP contribution is 2.13. The first-order valence-corrected chi connectivity index (χ1v) is 7.09. The van der Waals surface area contributed by atoms with Crippen LogP contribution in [-0.4, -0.2) is 15.5 Å². The summed E-state index contributed by atoms with van der Waals surface area (Å²) in [5, 5.41) is 0.408. The number of hydrogen-bond acceptors (Lipinski definition) is 4. The van der Waals surface area contributed by atoms with E-state index < -0.39 is 11.5 Å². The van der Waals surface area contributed by atoms with Gasteiger partial charge in [0.15, 0.2) is 10.5 Å². The first-order chi connectivity index (χ1) is 9.58. The Balaban J connectivity index is 2.34. The zero-order chi connectivity index (χ0) is 14.3. The van der Waals surface area contributed by atoms with Crippen LogP contribution in [0.25, 0.3) is 10.9 Å². The van der Waals surface area contributed by atoms with Crippen molar-refractivity contribution in [1.82, 2.24) is 9.55 Å². The van der Waals surface area contributed by atoms with Gasteiger partial charge in [-0.3, -0.25) is 9.59 Å². The fourth-order valence-electron chi connectivity index (χ4n) is 1.88. The largest absolute Gasteiger partial charge is 0.459 e. The highest BCUT2D eigenvalue weighted by molar-refractivity contribution is 14.1. The van der Waals surface area contributed by atoms with E-state index in [-0.39, 0.29) is 10.5 Å². The highest BCUT2D eigenvalue weighted by Gasteiger charge is 2.16. The number of carbonyl (C=O) groups is 1. The van der Waals surface area contributed by atoms with Crippen LogP contribution in [0.2, 0.25) is 0 Å². The zero-order valence-corrected chi connectivity index (χ0v) is 12.9. The lowest BCUT2D eigenvalue weighted by Gasteiger charge is -2.05. The molecule has 0 unspecified atom stereocenters. The van der Waals surface area contributed by atoms with Crippen LogP contribution >= 0.6 is 34.8 Å². The van der Waals surface area contributed by atoms with Crippen molar-refractivity contribution < 1.29 is 9.21 Å². The minimum Gasteiger partial charge on any atom is -0.459 e. The van der Waals surface area contributed by atoms with Crippen LogP contribution in [0.15, 0.2) is 45.8 Å². The van der Waals surface area contributed by atoms with Gasteiger partial charge >= 0.3 is 5.91 Å². The van der Waals surface area contributed by atoms with E-state index in [1.807, 2.05) is 6.07 Å². The topological polar surface area (TPSA) is 68.0 Å². The molecule has 3 aromatic rings. The molecule has 0 aliphatic rings. The van der Waals surface area contributed by atoms with Crippen LogP contribution in [0.4, 0.5) is 0 Å². The van der Waals surface area contributed by atoms with E-state index in [1.165, 1.54) is 12.3 Å². The molecule has 7 heteroatoms. The second-order valence-corrected chi connectivity index (χ2v) is 5.68. The minimum absolute atomic E-state index is 0.0464. The fraction of sp³-hybridized carbons (Fsp3) is 0. The number of nitrogens with zero attached hydrogens (tertiary/aromatic N) is 1. The molecule has 0 spiro atoms. The summed E-state index contributed by atoms with van der Waals surface area (Å²) < 4.78 is 6.88. The van der Waals surface area contributed by atoms with E-state index in [0.29, 0.717) is 10.9 Å². The van der Waals surface area contributed by atoms with Crippen molar-refractivity contribution in [2.75, 3.05) is 0 Å². The van der Waals surface area contributed by atoms with Crippen LogP contribution < -0.4 is 5.56 Å². The molecule has 2 heterocycles. The number of rotatable bonds is 1. The van der Waals surface area contributed by atoms with Crippen LogP contribution in [0, 0.1) is 8.34 Å². The Morgan fingerprint density at radius 1 is 1.35 bits per heavy atom. The van der Waals surface area contributed by atoms with Gasteiger partial charge in [0.1, 0.15) is 0 Å². The molecule has 0 fully saturated rings. The number of H-pyrrole nitrogens is 1. The summed E-state index contributed by atoms with van der Waals surface area (Å²) in [6.07, 6.45) is 1.37. The number of furan rings is 1. The van der Waals surface area contributed by atoms with Crippen molar-refractivity contribution in [2.45, 2.75) is 0 Å². The van der Waals surface area contributed by atoms with Crippen molar-refractivity contribution >= 4 is 51.6 Å². The predicted molar refractivity (Wildman–Crippen MR) is 84.5 cm³/mol. The monoisotopic (exact) mass is 398 g/mol. The molecule has 0 saturated heterocycles. The van der Waals surface area contributed by atoms with E-state index in [9.17, 15) is 9.59 Å². The Morgan fingerprint density at radius 3 is 2.85 bits per heavy atom. The van der Waals surface area contributed by atoms with Gasteiger partial charge in [-0.15, -0.1) is 0 Å². The van der Waals surface area contributed by atoms with Crippen molar-refractivity contribution in [2.24, 2.45) is 0 Å². The normalized spacial score (nSPS) is 10.8. The third-order valence-corrected chi connectivity index (χ3v) is 3.75. The summed E-state index contributed by atoms with van der Waals surface area (Å²) in [5.41, 5.74) is 0.146. The lowest BCUT2D eigenvalue weighted by atomic mass is 10.2. The van der Waals surface area contributed by atoms with Crippen LogP contribution in [0.1, 0.15) is 10.6 Å². The maximum atomic E-state index is 12.4.